The normalized spacial score (nSPS) is 17.1. The molecule has 0 fully saturated rings. The lowest BCUT2D eigenvalue weighted by Crippen LogP contribution is -2.47. The van der Waals surface area contributed by atoms with Crippen molar-refractivity contribution in [1.82, 2.24) is 5.32 Å². The van der Waals surface area contributed by atoms with Crippen LogP contribution in [0.5, 0.6) is 0 Å². The molecule has 0 unspecified atom stereocenters. The van der Waals surface area contributed by atoms with Crippen LogP contribution in [-0.4, -0.2) is 17.6 Å². The molecule has 0 aromatic heterocycles. The van der Waals surface area contributed by atoms with Crippen LogP contribution < -0.4 is 16.4 Å². The summed E-state index contributed by atoms with van der Waals surface area (Å²) in [6, 6.07) is 9.78. The van der Waals surface area contributed by atoms with E-state index in [1.54, 1.807) is 0 Å². The first-order valence-corrected chi connectivity index (χ1v) is 5.09. The Hall–Kier alpha value is -1.75. The number of halogens is 1. The van der Waals surface area contributed by atoms with Gasteiger partial charge < -0.3 is 11.1 Å². The van der Waals surface area contributed by atoms with E-state index in [4.69, 9.17) is 5.73 Å². The van der Waals surface area contributed by atoms with Gasteiger partial charge in [-0.15, -0.1) is 12.4 Å². The largest absolute Gasteiger partial charge is 0.370 e. The van der Waals surface area contributed by atoms with Crippen molar-refractivity contribution in [2.45, 2.75) is 19.5 Å². The minimum Gasteiger partial charge on any atom is -0.370 e. The highest BCUT2D eigenvalue weighted by Crippen LogP contribution is 2.14. The lowest BCUT2D eigenvalue weighted by molar-refractivity contribution is 0.541. The van der Waals surface area contributed by atoms with Crippen molar-refractivity contribution >= 4 is 30.0 Å². The summed E-state index contributed by atoms with van der Waals surface area (Å²) in [5.74, 6) is 0.988. The first-order chi connectivity index (χ1) is 7.55. The van der Waals surface area contributed by atoms with Crippen molar-refractivity contribution in [3.8, 4) is 0 Å². The number of nitrogens with one attached hydrogen (secondary N) is 2. The van der Waals surface area contributed by atoms with Crippen LogP contribution in [0.4, 0.5) is 5.69 Å². The van der Waals surface area contributed by atoms with Gasteiger partial charge in [-0.1, -0.05) is 18.2 Å². The quantitative estimate of drug-likeness (QED) is 0.711. The van der Waals surface area contributed by atoms with Crippen molar-refractivity contribution in [2.24, 2.45) is 15.7 Å². The lowest BCUT2D eigenvalue weighted by Gasteiger charge is -2.24. The topological polar surface area (TPSA) is 74.8 Å². The molecular formula is C11H16ClN5. The molecule has 1 aliphatic heterocycles. The molecule has 0 spiro atoms. The first-order valence-electron chi connectivity index (χ1n) is 5.09. The summed E-state index contributed by atoms with van der Waals surface area (Å²) in [6.07, 6.45) is 0. The summed E-state index contributed by atoms with van der Waals surface area (Å²) in [4.78, 5) is 8.55. The van der Waals surface area contributed by atoms with Crippen LogP contribution in [0.1, 0.15) is 13.8 Å². The molecule has 0 bridgehead atoms. The first kappa shape index (κ1) is 13.3. The zero-order valence-electron chi connectivity index (χ0n) is 9.77. The zero-order valence-corrected chi connectivity index (χ0v) is 10.6. The third-order valence-corrected chi connectivity index (χ3v) is 2.06. The minimum absolute atomic E-state index is 0. The number of hydrogen-bond acceptors (Lipinski definition) is 5. The molecule has 0 saturated heterocycles. The highest BCUT2D eigenvalue weighted by atomic mass is 35.5. The molecule has 1 aromatic rings. The number of benzene rings is 1. The predicted molar refractivity (Wildman–Crippen MR) is 73.6 cm³/mol. The smallest absolute Gasteiger partial charge is 0.205 e. The summed E-state index contributed by atoms with van der Waals surface area (Å²) >= 11 is 0. The molecule has 2 rings (SSSR count). The maximum absolute atomic E-state index is 5.67. The zero-order chi connectivity index (χ0) is 11.6. The van der Waals surface area contributed by atoms with Crippen molar-refractivity contribution < 1.29 is 0 Å². The molecule has 17 heavy (non-hydrogen) atoms. The standard InChI is InChI=1S/C11H15N5.ClH/c1-11(2)15-9(12)14-10(16-11)13-8-6-4-3-5-7-8;/h3-7H,1-2H3,(H4,12,13,14,15,16);1H. The number of para-hydroxylation sites is 1. The second kappa shape index (κ2) is 5.05. The second-order valence-corrected chi connectivity index (χ2v) is 4.07. The van der Waals surface area contributed by atoms with Gasteiger partial charge in [-0.2, -0.15) is 0 Å². The maximum Gasteiger partial charge on any atom is 0.205 e. The van der Waals surface area contributed by atoms with E-state index in [0.29, 0.717) is 11.9 Å². The molecule has 4 N–H and O–H groups in total. The number of anilines is 1. The summed E-state index contributed by atoms with van der Waals surface area (Å²) in [6.45, 7) is 3.79. The number of nitrogens with zero attached hydrogens (tertiary/aromatic N) is 2. The van der Waals surface area contributed by atoms with E-state index < -0.39 is 5.66 Å². The van der Waals surface area contributed by atoms with Crippen molar-refractivity contribution in [2.75, 3.05) is 5.32 Å². The van der Waals surface area contributed by atoms with E-state index in [2.05, 4.69) is 20.6 Å². The molecule has 0 amide bonds. The fourth-order valence-electron chi connectivity index (χ4n) is 1.49. The fourth-order valence-corrected chi connectivity index (χ4v) is 1.49. The highest BCUT2D eigenvalue weighted by Gasteiger charge is 2.21. The SMILES string of the molecule is CC1(C)N=C(N)NC(Nc2ccccc2)=N1.Cl. The van der Waals surface area contributed by atoms with Gasteiger partial charge in [0.15, 0.2) is 11.6 Å². The molecule has 0 radical (unpaired) electrons. The van der Waals surface area contributed by atoms with Crippen molar-refractivity contribution in [3.05, 3.63) is 30.3 Å². The Morgan fingerprint density at radius 1 is 1.18 bits per heavy atom. The Labute approximate surface area is 107 Å². The molecule has 6 heteroatoms. The molecule has 0 atom stereocenters. The molecule has 1 aliphatic rings. The van der Waals surface area contributed by atoms with Gasteiger partial charge in [0, 0.05) is 5.69 Å². The third kappa shape index (κ3) is 3.64. The van der Waals surface area contributed by atoms with Crippen molar-refractivity contribution in [1.29, 1.82) is 0 Å². The number of rotatable bonds is 1. The van der Waals surface area contributed by atoms with Gasteiger partial charge in [0.25, 0.3) is 0 Å². The van der Waals surface area contributed by atoms with Gasteiger partial charge >= 0.3 is 0 Å². The van der Waals surface area contributed by atoms with Gasteiger partial charge in [-0.3, -0.25) is 5.32 Å². The number of guanidine groups is 2. The van der Waals surface area contributed by atoms with E-state index in [-0.39, 0.29) is 12.4 Å². The van der Waals surface area contributed by atoms with Crippen LogP contribution in [-0.2, 0) is 0 Å². The second-order valence-electron chi connectivity index (χ2n) is 4.07. The van der Waals surface area contributed by atoms with Crippen LogP contribution in [0, 0.1) is 0 Å². The summed E-state index contributed by atoms with van der Waals surface area (Å²) in [7, 11) is 0. The van der Waals surface area contributed by atoms with Crippen LogP contribution in [0.2, 0.25) is 0 Å². The Bertz CT molecular complexity index is 438. The molecule has 1 heterocycles. The fraction of sp³-hybridized carbons (Fsp3) is 0.273. The van der Waals surface area contributed by atoms with E-state index in [0.717, 1.165) is 5.69 Å². The Kier molecular flexibility index (Phi) is 3.96. The summed E-state index contributed by atoms with van der Waals surface area (Å²) in [5.41, 5.74) is 6.11. The highest BCUT2D eigenvalue weighted by molar-refractivity contribution is 6.06. The minimum atomic E-state index is -0.521. The van der Waals surface area contributed by atoms with Crippen molar-refractivity contribution in [3.63, 3.8) is 0 Å². The summed E-state index contributed by atoms with van der Waals surface area (Å²) < 4.78 is 0. The average molecular weight is 254 g/mol. The number of aliphatic imine (C=N–C) groups is 2. The van der Waals surface area contributed by atoms with Crippen LogP contribution in [0.25, 0.3) is 0 Å². The molecule has 0 aliphatic carbocycles. The molecular weight excluding hydrogens is 238 g/mol. The predicted octanol–water partition coefficient (Wildman–Crippen LogP) is 1.53. The Morgan fingerprint density at radius 3 is 2.41 bits per heavy atom. The maximum atomic E-state index is 5.67. The van der Waals surface area contributed by atoms with Gasteiger partial charge in [0.2, 0.25) is 5.96 Å². The van der Waals surface area contributed by atoms with E-state index in [1.165, 1.54) is 0 Å². The lowest BCUT2D eigenvalue weighted by atomic mass is 10.2. The number of nitrogens with two attached hydrogens (primary N) is 1. The monoisotopic (exact) mass is 253 g/mol. The molecule has 5 nitrogen and oxygen atoms in total. The molecule has 0 saturated carbocycles. The Morgan fingerprint density at radius 2 is 1.82 bits per heavy atom. The van der Waals surface area contributed by atoms with Crippen LogP contribution >= 0.6 is 12.4 Å². The van der Waals surface area contributed by atoms with Gasteiger partial charge in [-0.05, 0) is 26.0 Å². The molecule has 1 aromatic carbocycles. The van der Waals surface area contributed by atoms with E-state index in [1.807, 2.05) is 44.2 Å². The van der Waals surface area contributed by atoms with Crippen LogP contribution in [0.3, 0.4) is 0 Å². The van der Waals surface area contributed by atoms with Gasteiger partial charge in [-0.25, -0.2) is 9.98 Å². The average Bonchev–Trinajstić information content (AvgIpc) is 2.15. The summed E-state index contributed by atoms with van der Waals surface area (Å²) in [5, 5.41) is 6.03. The Balaban J connectivity index is 0.00000144. The van der Waals surface area contributed by atoms with E-state index >= 15 is 0 Å². The number of hydrogen-bond donors (Lipinski definition) is 3. The van der Waals surface area contributed by atoms with E-state index in [9.17, 15) is 0 Å². The van der Waals surface area contributed by atoms with Crippen LogP contribution in [0.15, 0.2) is 40.3 Å². The third-order valence-electron chi connectivity index (χ3n) is 2.06. The van der Waals surface area contributed by atoms with Gasteiger partial charge in [0.05, 0.1) is 0 Å². The molecule has 92 valence electrons. The van der Waals surface area contributed by atoms with Gasteiger partial charge in [0.1, 0.15) is 0 Å².